The second-order valence-corrected chi connectivity index (χ2v) is 8.80. The van der Waals surface area contributed by atoms with E-state index in [0.29, 0.717) is 15.2 Å². The normalized spacial score (nSPS) is 12.5. The number of halogens is 2. The number of ether oxygens (including phenoxy) is 1. The van der Waals surface area contributed by atoms with Gasteiger partial charge in [-0.15, -0.1) is 0 Å². The molecular weight excluding hydrogens is 430 g/mol. The quantitative estimate of drug-likeness (QED) is 0.733. The van der Waals surface area contributed by atoms with Gasteiger partial charge in [0.25, 0.3) is 5.91 Å². The lowest BCUT2D eigenvalue weighted by Crippen LogP contribution is -2.31. The zero-order chi connectivity index (χ0) is 18.6. The third-order valence-corrected chi connectivity index (χ3v) is 5.42. The largest absolute Gasteiger partial charge is 0.483 e. The molecule has 0 aromatic heterocycles. The van der Waals surface area contributed by atoms with Crippen molar-refractivity contribution in [3.8, 4) is 5.75 Å². The van der Waals surface area contributed by atoms with Gasteiger partial charge in [-0.1, -0.05) is 23.7 Å². The summed E-state index contributed by atoms with van der Waals surface area (Å²) in [6.45, 7) is 1.66. The van der Waals surface area contributed by atoms with Crippen molar-refractivity contribution in [3.05, 3.63) is 57.5 Å². The van der Waals surface area contributed by atoms with E-state index < -0.39 is 9.84 Å². The number of carbonyl (C=O) groups excluding carboxylic acids is 1. The van der Waals surface area contributed by atoms with Crippen LogP contribution in [0.5, 0.6) is 5.75 Å². The molecular formula is C17H17BrClNO4S. The number of rotatable bonds is 6. The fraction of sp³-hybridized carbons (Fsp3) is 0.235. The van der Waals surface area contributed by atoms with E-state index in [1.165, 1.54) is 12.1 Å². The molecule has 2 aromatic carbocycles. The molecule has 2 rings (SSSR count). The Kier molecular flexibility index (Phi) is 6.48. The zero-order valence-electron chi connectivity index (χ0n) is 13.6. The molecule has 1 N–H and O–H groups in total. The van der Waals surface area contributed by atoms with Crippen molar-refractivity contribution in [1.82, 2.24) is 5.32 Å². The minimum atomic E-state index is -3.24. The molecule has 2 aromatic rings. The van der Waals surface area contributed by atoms with E-state index in [2.05, 4.69) is 21.2 Å². The standard InChI is InChI=1S/C17H17BrClNO4S/c1-11(12-3-6-14(7-4-12)25(2,22)23)20-17(21)10-24-16-8-5-13(19)9-15(16)18/h3-9,11H,10H2,1-2H3,(H,20,21)/t11-/m0/s1. The van der Waals surface area contributed by atoms with Gasteiger partial charge >= 0.3 is 0 Å². The third kappa shape index (κ3) is 5.73. The van der Waals surface area contributed by atoms with Gasteiger partial charge in [-0.25, -0.2) is 8.42 Å². The molecule has 0 aliphatic carbocycles. The Morgan fingerprint density at radius 3 is 2.44 bits per heavy atom. The molecule has 25 heavy (non-hydrogen) atoms. The average Bonchev–Trinajstić information content (AvgIpc) is 2.53. The molecule has 134 valence electrons. The van der Waals surface area contributed by atoms with Crippen molar-refractivity contribution >= 4 is 43.3 Å². The number of hydrogen-bond acceptors (Lipinski definition) is 4. The summed E-state index contributed by atoms with van der Waals surface area (Å²) in [4.78, 5) is 12.3. The van der Waals surface area contributed by atoms with Gasteiger partial charge in [0, 0.05) is 11.3 Å². The topological polar surface area (TPSA) is 72.5 Å². The van der Waals surface area contributed by atoms with Gasteiger partial charge in [0.15, 0.2) is 16.4 Å². The van der Waals surface area contributed by atoms with Crippen molar-refractivity contribution in [2.24, 2.45) is 0 Å². The highest BCUT2D eigenvalue weighted by molar-refractivity contribution is 9.10. The highest BCUT2D eigenvalue weighted by Gasteiger charge is 2.13. The van der Waals surface area contributed by atoms with Crippen molar-refractivity contribution in [3.63, 3.8) is 0 Å². The van der Waals surface area contributed by atoms with Gasteiger partial charge in [-0.3, -0.25) is 4.79 Å². The average molecular weight is 447 g/mol. The molecule has 0 aliphatic rings. The summed E-state index contributed by atoms with van der Waals surface area (Å²) in [5, 5.41) is 3.37. The van der Waals surface area contributed by atoms with E-state index >= 15 is 0 Å². The smallest absolute Gasteiger partial charge is 0.258 e. The first-order valence-electron chi connectivity index (χ1n) is 7.34. The predicted octanol–water partition coefficient (Wildman–Crippen LogP) is 3.76. The predicted molar refractivity (Wildman–Crippen MR) is 101 cm³/mol. The Hall–Kier alpha value is -1.57. The van der Waals surface area contributed by atoms with Gasteiger partial charge in [0.05, 0.1) is 15.4 Å². The maximum atomic E-state index is 12.0. The fourth-order valence-corrected chi connectivity index (χ4v) is 3.53. The lowest BCUT2D eigenvalue weighted by molar-refractivity contribution is -0.123. The molecule has 0 heterocycles. The van der Waals surface area contributed by atoms with Gasteiger partial charge in [-0.2, -0.15) is 0 Å². The Bertz CT molecular complexity index is 869. The molecule has 1 amide bonds. The number of sulfone groups is 1. The zero-order valence-corrected chi connectivity index (χ0v) is 16.8. The Balaban J connectivity index is 1.93. The first-order valence-corrected chi connectivity index (χ1v) is 10.4. The van der Waals surface area contributed by atoms with Crippen molar-refractivity contribution in [2.75, 3.05) is 12.9 Å². The summed E-state index contributed by atoms with van der Waals surface area (Å²) in [6, 6.07) is 11.1. The van der Waals surface area contributed by atoms with Crippen LogP contribution in [0.25, 0.3) is 0 Å². The van der Waals surface area contributed by atoms with Gasteiger partial charge in [-0.05, 0) is 58.7 Å². The summed E-state index contributed by atoms with van der Waals surface area (Å²) in [5.74, 6) is 0.228. The Labute approximate surface area is 160 Å². The molecule has 0 saturated carbocycles. The molecule has 0 aliphatic heterocycles. The van der Waals surface area contributed by atoms with E-state index in [-0.39, 0.29) is 23.5 Å². The van der Waals surface area contributed by atoms with Crippen molar-refractivity contribution < 1.29 is 17.9 Å². The molecule has 0 fully saturated rings. The number of hydrogen-bond donors (Lipinski definition) is 1. The molecule has 0 bridgehead atoms. The minimum Gasteiger partial charge on any atom is -0.483 e. The van der Waals surface area contributed by atoms with Crippen LogP contribution in [0, 0.1) is 0 Å². The van der Waals surface area contributed by atoms with Crippen molar-refractivity contribution in [2.45, 2.75) is 17.9 Å². The number of amides is 1. The maximum Gasteiger partial charge on any atom is 0.258 e. The summed E-state index contributed by atoms with van der Waals surface area (Å²) in [5.41, 5.74) is 0.799. The monoisotopic (exact) mass is 445 g/mol. The second kappa shape index (κ2) is 8.21. The van der Waals surface area contributed by atoms with E-state index in [9.17, 15) is 13.2 Å². The van der Waals surface area contributed by atoms with Crippen LogP contribution in [0.2, 0.25) is 5.02 Å². The van der Waals surface area contributed by atoms with Crippen LogP contribution in [0.4, 0.5) is 0 Å². The first-order chi connectivity index (χ1) is 11.7. The second-order valence-electron chi connectivity index (χ2n) is 5.49. The number of carbonyl (C=O) groups is 1. The lowest BCUT2D eigenvalue weighted by Gasteiger charge is -2.15. The Morgan fingerprint density at radius 1 is 1.24 bits per heavy atom. The number of nitrogens with one attached hydrogen (secondary N) is 1. The van der Waals surface area contributed by atoms with Crippen LogP contribution in [-0.4, -0.2) is 27.2 Å². The van der Waals surface area contributed by atoms with Crippen LogP contribution in [0.15, 0.2) is 51.8 Å². The van der Waals surface area contributed by atoms with E-state index in [1.807, 2.05) is 6.92 Å². The molecule has 0 unspecified atom stereocenters. The molecule has 0 spiro atoms. The summed E-state index contributed by atoms with van der Waals surface area (Å²) < 4.78 is 29.0. The van der Waals surface area contributed by atoms with Crippen molar-refractivity contribution in [1.29, 1.82) is 0 Å². The van der Waals surface area contributed by atoms with E-state index in [4.69, 9.17) is 16.3 Å². The molecule has 1 atom stereocenters. The van der Waals surface area contributed by atoms with E-state index in [0.717, 1.165) is 11.8 Å². The highest BCUT2D eigenvalue weighted by Crippen LogP contribution is 2.27. The van der Waals surface area contributed by atoms with Crippen LogP contribution < -0.4 is 10.1 Å². The highest BCUT2D eigenvalue weighted by atomic mass is 79.9. The minimum absolute atomic E-state index is 0.147. The fourth-order valence-electron chi connectivity index (χ4n) is 2.11. The summed E-state index contributed by atoms with van der Waals surface area (Å²) in [6.07, 6.45) is 1.15. The summed E-state index contributed by atoms with van der Waals surface area (Å²) >= 11 is 9.17. The molecule has 5 nitrogen and oxygen atoms in total. The Morgan fingerprint density at radius 2 is 1.88 bits per heavy atom. The molecule has 0 saturated heterocycles. The number of benzene rings is 2. The van der Waals surface area contributed by atoms with E-state index in [1.54, 1.807) is 30.3 Å². The van der Waals surface area contributed by atoms with Gasteiger partial charge in [0.2, 0.25) is 0 Å². The van der Waals surface area contributed by atoms with Crippen LogP contribution >= 0.6 is 27.5 Å². The first kappa shape index (κ1) is 19.8. The van der Waals surface area contributed by atoms with Gasteiger partial charge in [0.1, 0.15) is 5.75 Å². The van der Waals surface area contributed by atoms with Crippen LogP contribution in [0.3, 0.4) is 0 Å². The maximum absolute atomic E-state index is 12.0. The lowest BCUT2D eigenvalue weighted by atomic mass is 10.1. The van der Waals surface area contributed by atoms with Crippen LogP contribution in [0.1, 0.15) is 18.5 Å². The summed E-state index contributed by atoms with van der Waals surface area (Å²) in [7, 11) is -3.24. The van der Waals surface area contributed by atoms with Crippen LogP contribution in [-0.2, 0) is 14.6 Å². The van der Waals surface area contributed by atoms with Gasteiger partial charge < -0.3 is 10.1 Å². The molecule has 0 radical (unpaired) electrons. The third-order valence-electron chi connectivity index (χ3n) is 3.44. The molecule has 8 heteroatoms. The SMILES string of the molecule is C[C@H](NC(=O)COc1ccc(Cl)cc1Br)c1ccc(S(C)(=O)=O)cc1.